The van der Waals surface area contributed by atoms with Crippen LogP contribution in [0.1, 0.15) is 38.0 Å². The van der Waals surface area contributed by atoms with E-state index in [4.69, 9.17) is 26.8 Å². The lowest BCUT2D eigenvalue weighted by Crippen LogP contribution is -2.61. The third kappa shape index (κ3) is 6.30. The van der Waals surface area contributed by atoms with Gasteiger partial charge in [-0.3, -0.25) is 0 Å². The number of benzene rings is 2. The largest absolute Gasteiger partial charge is 0.458 e. The molecular formula is C22H24ClNO6. The Morgan fingerprint density at radius 2 is 1.37 bits per heavy atom. The number of hydrogen-bond donors (Lipinski definition) is 1. The Bertz CT molecular complexity index is 842. The molecule has 0 unspecified atom stereocenters. The topological polar surface area (TPSA) is 105 Å². The SMILES string of the molecule is CC(C)(C)OC(=O)[C@@](N)(COC(=O)Cl)C(=O)OC(c1ccccc1)c1ccccc1. The third-order valence-corrected chi connectivity index (χ3v) is 4.08. The van der Waals surface area contributed by atoms with Crippen LogP contribution in [0.15, 0.2) is 60.7 Å². The molecule has 0 bridgehead atoms. The summed E-state index contributed by atoms with van der Waals surface area (Å²) in [7, 11) is 0. The van der Waals surface area contributed by atoms with E-state index in [-0.39, 0.29) is 0 Å². The van der Waals surface area contributed by atoms with E-state index >= 15 is 0 Å². The molecule has 0 aromatic heterocycles. The summed E-state index contributed by atoms with van der Waals surface area (Å²) in [6.45, 7) is 4.00. The summed E-state index contributed by atoms with van der Waals surface area (Å²) in [5.41, 5.74) is 2.83. The average molecular weight is 434 g/mol. The first-order valence-electron chi connectivity index (χ1n) is 9.18. The van der Waals surface area contributed by atoms with Gasteiger partial charge < -0.3 is 19.9 Å². The zero-order valence-electron chi connectivity index (χ0n) is 17.0. The van der Waals surface area contributed by atoms with Gasteiger partial charge in [0.2, 0.25) is 5.54 Å². The van der Waals surface area contributed by atoms with Crippen molar-refractivity contribution in [3.63, 3.8) is 0 Å². The predicted octanol–water partition coefficient (Wildman–Crippen LogP) is 3.73. The number of hydrogen-bond acceptors (Lipinski definition) is 7. The average Bonchev–Trinajstić information content (AvgIpc) is 2.70. The van der Waals surface area contributed by atoms with Crippen molar-refractivity contribution in [1.29, 1.82) is 0 Å². The molecule has 2 aromatic rings. The summed E-state index contributed by atoms with van der Waals surface area (Å²) in [4.78, 5) is 36.9. The maximum absolute atomic E-state index is 13.1. The highest BCUT2D eigenvalue weighted by molar-refractivity contribution is 6.61. The fraction of sp³-hybridized carbons (Fsp3) is 0.318. The summed E-state index contributed by atoms with van der Waals surface area (Å²) in [6, 6.07) is 17.9. The second-order valence-electron chi connectivity index (χ2n) is 7.61. The summed E-state index contributed by atoms with van der Waals surface area (Å²) in [5, 5.41) is 0. The molecule has 0 aliphatic heterocycles. The van der Waals surface area contributed by atoms with E-state index in [0.717, 1.165) is 0 Å². The van der Waals surface area contributed by atoms with Crippen LogP contribution in [0.25, 0.3) is 0 Å². The van der Waals surface area contributed by atoms with E-state index in [1.807, 2.05) is 12.1 Å². The highest BCUT2D eigenvalue weighted by Crippen LogP contribution is 2.28. The van der Waals surface area contributed by atoms with Gasteiger partial charge in [0.15, 0.2) is 6.10 Å². The third-order valence-electron chi connectivity index (χ3n) is 3.97. The standard InChI is InChI=1S/C22H24ClNO6/c1-21(2,3)30-19(26)22(24,14-28-20(23)27)18(25)29-17(15-10-6-4-7-11-15)16-12-8-5-9-13-16/h4-13,17H,14,24H2,1-3H3/t22-/m1/s1. The second kappa shape index (κ2) is 9.73. The zero-order valence-corrected chi connectivity index (χ0v) is 17.7. The van der Waals surface area contributed by atoms with Crippen LogP contribution in [-0.2, 0) is 23.8 Å². The quantitative estimate of drug-likeness (QED) is 0.307. The van der Waals surface area contributed by atoms with Crippen LogP contribution < -0.4 is 5.73 Å². The van der Waals surface area contributed by atoms with Crippen LogP contribution in [0.4, 0.5) is 4.79 Å². The lowest BCUT2D eigenvalue weighted by atomic mass is 9.99. The Hall–Kier alpha value is -2.90. The Morgan fingerprint density at radius 3 is 1.77 bits per heavy atom. The molecule has 0 radical (unpaired) electrons. The Labute approximate surface area is 180 Å². The smallest absolute Gasteiger partial charge is 0.403 e. The highest BCUT2D eigenvalue weighted by atomic mass is 35.5. The Morgan fingerprint density at radius 1 is 0.900 bits per heavy atom. The molecule has 0 aliphatic rings. The van der Waals surface area contributed by atoms with Gasteiger partial charge in [0.05, 0.1) is 0 Å². The molecule has 2 N–H and O–H groups in total. The first-order valence-corrected chi connectivity index (χ1v) is 9.56. The minimum Gasteiger partial charge on any atom is -0.458 e. The molecule has 7 nitrogen and oxygen atoms in total. The van der Waals surface area contributed by atoms with Gasteiger partial charge in [-0.15, -0.1) is 0 Å². The highest BCUT2D eigenvalue weighted by Gasteiger charge is 2.49. The second-order valence-corrected chi connectivity index (χ2v) is 7.91. The number of nitrogens with two attached hydrogens (primary N) is 1. The van der Waals surface area contributed by atoms with Crippen LogP contribution >= 0.6 is 11.6 Å². The minimum atomic E-state index is -2.40. The van der Waals surface area contributed by atoms with Gasteiger partial charge in [0.25, 0.3) is 0 Å². The fourth-order valence-electron chi connectivity index (χ4n) is 2.54. The van der Waals surface area contributed by atoms with E-state index in [9.17, 15) is 14.4 Å². The van der Waals surface area contributed by atoms with E-state index in [1.165, 1.54) is 0 Å². The maximum atomic E-state index is 13.1. The minimum absolute atomic E-state index is 0.665. The van der Waals surface area contributed by atoms with Gasteiger partial charge in [-0.2, -0.15) is 0 Å². The molecule has 1 atom stereocenters. The number of ether oxygens (including phenoxy) is 3. The van der Waals surface area contributed by atoms with Gasteiger partial charge in [-0.1, -0.05) is 60.7 Å². The van der Waals surface area contributed by atoms with Crippen molar-refractivity contribution in [3.8, 4) is 0 Å². The van der Waals surface area contributed by atoms with E-state index in [1.54, 1.807) is 69.3 Å². The zero-order chi connectivity index (χ0) is 22.4. The first-order chi connectivity index (χ1) is 14.0. The van der Waals surface area contributed by atoms with E-state index < -0.39 is 41.2 Å². The summed E-state index contributed by atoms with van der Waals surface area (Å²) in [6.07, 6.45) is -0.850. The van der Waals surface area contributed by atoms with Crippen LogP contribution in [0.5, 0.6) is 0 Å². The van der Waals surface area contributed by atoms with Crippen LogP contribution in [0.2, 0.25) is 0 Å². The van der Waals surface area contributed by atoms with E-state index in [2.05, 4.69) is 4.74 Å². The monoisotopic (exact) mass is 433 g/mol. The molecule has 2 aromatic carbocycles. The number of rotatable bonds is 7. The molecule has 0 saturated heterocycles. The van der Waals surface area contributed by atoms with Crippen LogP contribution in [-0.4, -0.2) is 35.1 Å². The van der Waals surface area contributed by atoms with Crippen molar-refractivity contribution in [3.05, 3.63) is 71.8 Å². The van der Waals surface area contributed by atoms with Crippen molar-refractivity contribution in [2.75, 3.05) is 6.61 Å². The maximum Gasteiger partial charge on any atom is 0.403 e. The lowest BCUT2D eigenvalue weighted by Gasteiger charge is -2.30. The molecule has 8 heteroatoms. The molecule has 30 heavy (non-hydrogen) atoms. The summed E-state index contributed by atoms with van der Waals surface area (Å²) >= 11 is 5.20. The molecule has 2 rings (SSSR count). The summed E-state index contributed by atoms with van der Waals surface area (Å²) in [5.74, 6) is -2.22. The molecule has 0 spiro atoms. The van der Waals surface area contributed by atoms with E-state index in [0.29, 0.717) is 11.1 Å². The molecule has 160 valence electrons. The summed E-state index contributed by atoms with van der Waals surface area (Å²) < 4.78 is 15.6. The van der Waals surface area contributed by atoms with Gasteiger partial charge in [-0.25, -0.2) is 14.4 Å². The molecule has 0 amide bonds. The fourth-order valence-corrected chi connectivity index (χ4v) is 2.59. The number of halogens is 1. The lowest BCUT2D eigenvalue weighted by molar-refractivity contribution is -0.175. The van der Waals surface area contributed by atoms with Crippen molar-refractivity contribution < 1.29 is 28.6 Å². The van der Waals surface area contributed by atoms with Crippen molar-refractivity contribution in [1.82, 2.24) is 0 Å². The Kier molecular flexibility index (Phi) is 7.59. The molecule has 0 heterocycles. The van der Waals surface area contributed by atoms with Gasteiger partial charge >= 0.3 is 17.4 Å². The van der Waals surface area contributed by atoms with Crippen LogP contribution in [0, 0.1) is 0 Å². The van der Waals surface area contributed by atoms with Crippen molar-refractivity contribution >= 4 is 29.0 Å². The Balaban J connectivity index is 2.38. The van der Waals surface area contributed by atoms with Crippen molar-refractivity contribution in [2.45, 2.75) is 38.0 Å². The molecule has 0 aliphatic carbocycles. The normalized spacial score (nSPS) is 13.3. The van der Waals surface area contributed by atoms with Crippen LogP contribution in [0.3, 0.4) is 0 Å². The van der Waals surface area contributed by atoms with Gasteiger partial charge in [0, 0.05) is 11.6 Å². The van der Waals surface area contributed by atoms with Crippen molar-refractivity contribution in [2.24, 2.45) is 5.73 Å². The number of carbonyl (C=O) groups is 3. The predicted molar refractivity (Wildman–Crippen MR) is 111 cm³/mol. The number of esters is 2. The number of carbonyl (C=O) groups excluding carboxylic acids is 3. The molecular weight excluding hydrogens is 410 g/mol. The van der Waals surface area contributed by atoms with Gasteiger partial charge in [-0.05, 0) is 31.9 Å². The molecule has 0 saturated carbocycles. The first kappa shape index (κ1) is 23.4. The molecule has 0 fully saturated rings. The van der Waals surface area contributed by atoms with Gasteiger partial charge in [0.1, 0.15) is 12.2 Å².